The molecule has 0 fully saturated rings. The highest BCUT2D eigenvalue weighted by Gasteiger charge is 2.12. The number of methoxy groups -OCH3 is 1. The smallest absolute Gasteiger partial charge is 0.337 e. The number of aromatic nitrogens is 2. The average Bonchev–Trinajstić information content (AvgIpc) is 2.98. The van der Waals surface area contributed by atoms with E-state index in [0.717, 1.165) is 20.9 Å². The van der Waals surface area contributed by atoms with E-state index in [1.165, 1.54) is 7.11 Å². The Bertz CT molecular complexity index is 843. The first-order valence-electron chi connectivity index (χ1n) is 7.06. The molecule has 0 saturated carbocycles. The molecule has 23 heavy (non-hydrogen) atoms. The van der Waals surface area contributed by atoms with Gasteiger partial charge in [-0.05, 0) is 29.8 Å². The highest BCUT2D eigenvalue weighted by molar-refractivity contribution is 9.10. The first kappa shape index (κ1) is 15.7. The van der Waals surface area contributed by atoms with Crippen LogP contribution in [0, 0.1) is 0 Å². The SMILES string of the molecule is COC(=O)c1ccc(C(O)Cn2cc3c(Br)cccc3n2)cc1. The largest absolute Gasteiger partial charge is 0.465 e. The van der Waals surface area contributed by atoms with Crippen LogP contribution >= 0.6 is 15.9 Å². The number of hydrogen-bond donors (Lipinski definition) is 1. The predicted molar refractivity (Wildman–Crippen MR) is 90.2 cm³/mol. The molecule has 0 aliphatic carbocycles. The quantitative estimate of drug-likeness (QED) is 0.711. The van der Waals surface area contributed by atoms with Gasteiger partial charge in [0.25, 0.3) is 0 Å². The van der Waals surface area contributed by atoms with Crippen LogP contribution in [-0.2, 0) is 11.3 Å². The third kappa shape index (κ3) is 3.28. The Balaban J connectivity index is 1.78. The van der Waals surface area contributed by atoms with Crippen LogP contribution in [0.5, 0.6) is 0 Å². The van der Waals surface area contributed by atoms with E-state index in [-0.39, 0.29) is 0 Å². The summed E-state index contributed by atoms with van der Waals surface area (Å²) >= 11 is 3.49. The van der Waals surface area contributed by atoms with Gasteiger partial charge in [-0.3, -0.25) is 4.68 Å². The fraction of sp³-hybridized carbons (Fsp3) is 0.176. The van der Waals surface area contributed by atoms with E-state index in [0.29, 0.717) is 12.1 Å². The number of ether oxygens (including phenoxy) is 1. The normalized spacial score (nSPS) is 12.3. The Kier molecular flexibility index (Phi) is 4.45. The van der Waals surface area contributed by atoms with Crippen molar-refractivity contribution in [1.82, 2.24) is 9.78 Å². The third-order valence-corrected chi connectivity index (χ3v) is 4.31. The second-order valence-electron chi connectivity index (χ2n) is 5.15. The summed E-state index contributed by atoms with van der Waals surface area (Å²) in [7, 11) is 1.34. The number of esters is 1. The molecule has 0 aliphatic heterocycles. The Labute approximate surface area is 141 Å². The molecular weight excluding hydrogens is 360 g/mol. The Hall–Kier alpha value is -2.18. The third-order valence-electron chi connectivity index (χ3n) is 3.62. The maximum Gasteiger partial charge on any atom is 0.337 e. The van der Waals surface area contributed by atoms with Crippen molar-refractivity contribution in [2.24, 2.45) is 0 Å². The lowest BCUT2D eigenvalue weighted by molar-refractivity contribution is 0.0600. The fourth-order valence-corrected chi connectivity index (χ4v) is 2.85. The van der Waals surface area contributed by atoms with Crippen molar-refractivity contribution in [3.8, 4) is 0 Å². The van der Waals surface area contributed by atoms with Crippen molar-refractivity contribution in [1.29, 1.82) is 0 Å². The number of benzene rings is 2. The van der Waals surface area contributed by atoms with Crippen molar-refractivity contribution in [2.45, 2.75) is 12.6 Å². The molecule has 0 spiro atoms. The Morgan fingerprint density at radius 3 is 2.70 bits per heavy atom. The van der Waals surface area contributed by atoms with Gasteiger partial charge in [0.2, 0.25) is 0 Å². The molecule has 1 aromatic heterocycles. The molecule has 0 bridgehead atoms. The van der Waals surface area contributed by atoms with E-state index in [2.05, 4.69) is 25.8 Å². The molecule has 6 heteroatoms. The van der Waals surface area contributed by atoms with Crippen molar-refractivity contribution in [3.05, 3.63) is 64.3 Å². The van der Waals surface area contributed by atoms with Gasteiger partial charge in [0.05, 0.1) is 30.8 Å². The highest BCUT2D eigenvalue weighted by atomic mass is 79.9. The maximum absolute atomic E-state index is 11.4. The second kappa shape index (κ2) is 6.52. The number of aliphatic hydroxyl groups excluding tert-OH is 1. The molecule has 3 aromatic rings. The summed E-state index contributed by atoms with van der Waals surface area (Å²) in [6.07, 6.45) is 1.18. The number of carbonyl (C=O) groups is 1. The minimum absolute atomic E-state index is 0.332. The summed E-state index contributed by atoms with van der Waals surface area (Å²) in [6, 6.07) is 12.5. The van der Waals surface area contributed by atoms with E-state index < -0.39 is 12.1 Å². The molecule has 118 valence electrons. The van der Waals surface area contributed by atoms with Crippen molar-refractivity contribution < 1.29 is 14.6 Å². The van der Waals surface area contributed by atoms with Gasteiger partial charge >= 0.3 is 5.97 Å². The summed E-state index contributed by atoms with van der Waals surface area (Å²) in [5.41, 5.74) is 2.04. The molecule has 5 nitrogen and oxygen atoms in total. The van der Waals surface area contributed by atoms with Gasteiger partial charge in [-0.25, -0.2) is 4.79 Å². The van der Waals surface area contributed by atoms with Gasteiger partial charge in [0.1, 0.15) is 0 Å². The summed E-state index contributed by atoms with van der Waals surface area (Å²) in [5.74, 6) is -0.394. The van der Waals surface area contributed by atoms with E-state index in [1.54, 1.807) is 28.9 Å². The number of rotatable bonds is 4. The number of fused-ring (bicyclic) bond motifs is 1. The van der Waals surface area contributed by atoms with Crippen LogP contribution in [0.3, 0.4) is 0 Å². The molecule has 3 rings (SSSR count). The van der Waals surface area contributed by atoms with Crippen molar-refractivity contribution in [2.75, 3.05) is 7.11 Å². The fourth-order valence-electron chi connectivity index (χ4n) is 2.39. The number of aliphatic hydroxyl groups is 1. The zero-order valence-electron chi connectivity index (χ0n) is 12.4. The molecule has 0 saturated heterocycles. The number of carbonyl (C=O) groups excluding carboxylic acids is 1. The lowest BCUT2D eigenvalue weighted by atomic mass is 10.1. The van der Waals surface area contributed by atoms with Gasteiger partial charge in [0, 0.05) is 16.1 Å². The monoisotopic (exact) mass is 374 g/mol. The number of halogens is 1. The number of hydrogen-bond acceptors (Lipinski definition) is 4. The molecule has 1 N–H and O–H groups in total. The standard InChI is InChI=1S/C17H15BrN2O3/c1-23-17(22)12-7-5-11(6-8-12)16(21)10-20-9-13-14(18)3-2-4-15(13)19-20/h2-9,16,21H,10H2,1H3. The topological polar surface area (TPSA) is 64.3 Å². The van der Waals surface area contributed by atoms with Crippen LogP contribution in [-0.4, -0.2) is 28.0 Å². The Morgan fingerprint density at radius 2 is 2.04 bits per heavy atom. The van der Waals surface area contributed by atoms with Gasteiger partial charge < -0.3 is 9.84 Å². The second-order valence-corrected chi connectivity index (χ2v) is 6.01. The van der Waals surface area contributed by atoms with Gasteiger partial charge in [-0.15, -0.1) is 0 Å². The first-order chi connectivity index (χ1) is 11.1. The van der Waals surface area contributed by atoms with E-state index in [4.69, 9.17) is 0 Å². The lowest BCUT2D eigenvalue weighted by Crippen LogP contribution is -2.09. The zero-order valence-corrected chi connectivity index (χ0v) is 14.0. The van der Waals surface area contributed by atoms with Crippen LogP contribution in [0.25, 0.3) is 10.9 Å². The summed E-state index contributed by atoms with van der Waals surface area (Å²) < 4.78 is 7.34. The minimum Gasteiger partial charge on any atom is -0.465 e. The molecule has 0 radical (unpaired) electrons. The summed E-state index contributed by atoms with van der Waals surface area (Å²) in [6.45, 7) is 0.332. The highest BCUT2D eigenvalue weighted by Crippen LogP contribution is 2.24. The van der Waals surface area contributed by atoms with Gasteiger partial charge in [-0.2, -0.15) is 5.10 Å². The molecule has 0 aliphatic rings. The molecule has 1 unspecified atom stereocenters. The molecule has 0 amide bonds. The molecule has 1 heterocycles. The van der Waals surface area contributed by atoms with E-state index in [9.17, 15) is 9.90 Å². The van der Waals surface area contributed by atoms with Crippen molar-refractivity contribution in [3.63, 3.8) is 0 Å². The zero-order chi connectivity index (χ0) is 16.4. The van der Waals surface area contributed by atoms with Gasteiger partial charge in [0.15, 0.2) is 0 Å². The van der Waals surface area contributed by atoms with E-state index >= 15 is 0 Å². The minimum atomic E-state index is -0.713. The van der Waals surface area contributed by atoms with Crippen LogP contribution in [0.4, 0.5) is 0 Å². The molecule has 2 aromatic carbocycles. The summed E-state index contributed by atoms with van der Waals surface area (Å²) in [4.78, 5) is 11.4. The van der Waals surface area contributed by atoms with E-state index in [1.807, 2.05) is 24.4 Å². The Morgan fingerprint density at radius 1 is 1.30 bits per heavy atom. The number of nitrogens with zero attached hydrogens (tertiary/aromatic N) is 2. The van der Waals surface area contributed by atoms with Gasteiger partial charge in [-0.1, -0.05) is 34.1 Å². The first-order valence-corrected chi connectivity index (χ1v) is 7.86. The lowest BCUT2D eigenvalue weighted by Gasteiger charge is -2.11. The predicted octanol–water partition coefficient (Wildman–Crippen LogP) is 3.32. The molecular formula is C17H15BrN2O3. The average molecular weight is 375 g/mol. The van der Waals surface area contributed by atoms with Crippen LogP contribution in [0.1, 0.15) is 22.0 Å². The van der Waals surface area contributed by atoms with Crippen LogP contribution in [0.15, 0.2) is 53.1 Å². The maximum atomic E-state index is 11.4. The van der Waals surface area contributed by atoms with Crippen LogP contribution < -0.4 is 0 Å². The van der Waals surface area contributed by atoms with Crippen LogP contribution in [0.2, 0.25) is 0 Å². The van der Waals surface area contributed by atoms with Crippen molar-refractivity contribution >= 4 is 32.8 Å². The molecule has 1 atom stereocenters. The summed E-state index contributed by atoms with van der Waals surface area (Å²) in [5, 5.41) is 15.8.